The van der Waals surface area contributed by atoms with E-state index in [0.29, 0.717) is 11.1 Å². The van der Waals surface area contributed by atoms with Crippen LogP contribution in [0.25, 0.3) is 21.5 Å². The van der Waals surface area contributed by atoms with E-state index in [1.807, 2.05) is 36.4 Å². The van der Waals surface area contributed by atoms with Crippen molar-refractivity contribution in [1.29, 1.82) is 10.5 Å². The molecule has 0 saturated heterocycles. The second-order valence-corrected chi connectivity index (χ2v) is 17.9. The summed E-state index contributed by atoms with van der Waals surface area (Å²) in [6.45, 7) is 0. The van der Waals surface area contributed by atoms with Crippen molar-refractivity contribution in [3.63, 3.8) is 0 Å². The molecule has 0 aromatic heterocycles. The van der Waals surface area contributed by atoms with Crippen LogP contribution in [0.2, 0.25) is 30.1 Å². The van der Waals surface area contributed by atoms with Gasteiger partial charge in [-0.1, -0.05) is 155 Å². The number of carbonyl (C=O) groups excluding carboxylic acids is 2. The summed E-state index contributed by atoms with van der Waals surface area (Å²) in [5, 5.41) is 46.5. The molecule has 0 aliphatic carbocycles. The van der Waals surface area contributed by atoms with E-state index in [1.54, 1.807) is 60.7 Å². The Balaban J connectivity index is 0.000000235. The van der Waals surface area contributed by atoms with Crippen LogP contribution in [0.5, 0.6) is 11.5 Å². The molecule has 0 heterocycles. The van der Waals surface area contributed by atoms with Crippen LogP contribution in [-0.2, 0) is 12.4 Å². The van der Waals surface area contributed by atoms with Crippen LogP contribution in [-0.4, -0.2) is 27.5 Å². The first-order valence-electron chi connectivity index (χ1n) is 20.6. The molecular formula is C52H30Cl6F6N4O5. The lowest BCUT2D eigenvalue weighted by atomic mass is 9.87. The highest BCUT2D eigenvalue weighted by Crippen LogP contribution is 2.44. The van der Waals surface area contributed by atoms with Gasteiger partial charge in [0.15, 0.2) is 0 Å². The number of benzene rings is 8. The van der Waals surface area contributed by atoms with Gasteiger partial charge in [-0.3, -0.25) is 9.59 Å². The monoisotopic (exact) mass is 1110 g/mol. The summed E-state index contributed by atoms with van der Waals surface area (Å²) in [6, 6.07) is 36.9. The van der Waals surface area contributed by atoms with E-state index in [0.717, 1.165) is 57.9 Å². The Labute approximate surface area is 440 Å². The van der Waals surface area contributed by atoms with Crippen LogP contribution < -0.4 is 10.6 Å². The Morgan fingerprint density at radius 2 is 0.822 bits per heavy atom. The number of amides is 2. The fraction of sp³-hybridized carbons (Fsp3) is 0.0769. The summed E-state index contributed by atoms with van der Waals surface area (Å²) in [6.07, 6.45) is -9.64. The zero-order valence-electron chi connectivity index (χ0n) is 36.5. The maximum absolute atomic E-state index is 14.1. The summed E-state index contributed by atoms with van der Waals surface area (Å²) >= 11 is 35.2. The first-order chi connectivity index (χ1) is 34.0. The van der Waals surface area contributed by atoms with Crippen LogP contribution in [0, 0.1) is 22.7 Å². The maximum Gasteiger partial charge on any atom is 0.416 e. The Bertz CT molecular complexity index is 3330. The fourth-order valence-corrected chi connectivity index (χ4v) is 8.80. The Morgan fingerprint density at radius 3 is 1.15 bits per heavy atom. The number of carbonyl (C=O) groups is 2. The summed E-state index contributed by atoms with van der Waals surface area (Å²) in [5.74, 6) is -5.68. The first-order valence-corrected chi connectivity index (χ1v) is 22.8. The Morgan fingerprint density at radius 1 is 0.479 bits per heavy atom. The SMILES string of the molecule is N#CC(c1ccc2ccccc2c1)c1ccc(NC(=O)c2cc(Cl)c(Cl)c(Cl)c2O)cc1C(F)(F)F.N#CC(c1ccc2ccccc2c1)c1ccc(NC(=O)c2cc(Cl)c(Cl)c(Cl)c2O)cc1C(F)(F)F.O. The standard InChI is InChI=1S/2C26H14Cl3F3N2O2.H2O/c2*27-21-11-18(24(35)23(29)22(21)28)25(36)34-16-7-8-17(20(10-16)26(30,31)32)19(12-33)15-6-5-13-3-1-2-4-14(13)9-15;/h2*1-11,19,35H,(H,34,36);1H2. The molecule has 0 aliphatic heterocycles. The van der Waals surface area contributed by atoms with E-state index < -0.39 is 58.6 Å². The van der Waals surface area contributed by atoms with E-state index in [-0.39, 0.29) is 69.2 Å². The summed E-state index contributed by atoms with van der Waals surface area (Å²) in [5.41, 5.74) is -3.09. The van der Waals surface area contributed by atoms with Crippen LogP contribution in [0.15, 0.2) is 133 Å². The molecule has 0 fully saturated rings. The van der Waals surface area contributed by atoms with Crippen molar-refractivity contribution in [2.45, 2.75) is 24.2 Å². The number of anilines is 2. The molecule has 9 nitrogen and oxygen atoms in total. The number of alkyl halides is 6. The van der Waals surface area contributed by atoms with Gasteiger partial charge in [0.25, 0.3) is 11.8 Å². The topological polar surface area (TPSA) is 178 Å². The molecule has 21 heteroatoms. The van der Waals surface area contributed by atoms with Gasteiger partial charge in [-0.05, 0) is 92.3 Å². The van der Waals surface area contributed by atoms with Crippen molar-refractivity contribution in [2.75, 3.05) is 10.6 Å². The van der Waals surface area contributed by atoms with Crippen LogP contribution in [0.3, 0.4) is 0 Å². The fourth-order valence-electron chi connectivity index (χ4n) is 7.60. The molecule has 8 rings (SSSR count). The van der Waals surface area contributed by atoms with Gasteiger partial charge in [0.05, 0.1) is 66.3 Å². The molecule has 0 spiro atoms. The minimum Gasteiger partial charge on any atom is -0.505 e. The van der Waals surface area contributed by atoms with Crippen molar-refractivity contribution in [2.24, 2.45) is 0 Å². The number of phenolic OH excluding ortho intramolecular Hbond substituents is 2. The van der Waals surface area contributed by atoms with E-state index in [1.165, 1.54) is 12.1 Å². The molecule has 0 radical (unpaired) electrons. The highest BCUT2D eigenvalue weighted by atomic mass is 35.5. The van der Waals surface area contributed by atoms with Crippen LogP contribution in [0.1, 0.15) is 65.9 Å². The largest absolute Gasteiger partial charge is 0.505 e. The molecule has 0 aliphatic rings. The smallest absolute Gasteiger partial charge is 0.416 e. The second-order valence-electron chi connectivity index (χ2n) is 15.6. The molecule has 73 heavy (non-hydrogen) atoms. The van der Waals surface area contributed by atoms with Crippen molar-refractivity contribution >= 4 is 114 Å². The predicted octanol–water partition coefficient (Wildman–Crippen LogP) is 16.0. The predicted molar refractivity (Wildman–Crippen MR) is 271 cm³/mol. The average molecular weight is 1120 g/mol. The number of fused-ring (bicyclic) bond motifs is 2. The molecule has 8 aromatic carbocycles. The van der Waals surface area contributed by atoms with Crippen molar-refractivity contribution < 1.29 is 51.6 Å². The van der Waals surface area contributed by atoms with E-state index in [9.17, 15) is 56.7 Å². The van der Waals surface area contributed by atoms with Crippen LogP contribution >= 0.6 is 69.6 Å². The summed E-state index contributed by atoms with van der Waals surface area (Å²) in [7, 11) is 0. The molecule has 0 saturated carbocycles. The number of nitriles is 2. The molecular weight excluding hydrogens is 1090 g/mol. The zero-order chi connectivity index (χ0) is 52.4. The summed E-state index contributed by atoms with van der Waals surface area (Å²) < 4.78 is 84.3. The van der Waals surface area contributed by atoms with Crippen molar-refractivity contribution in [1.82, 2.24) is 0 Å². The number of phenols is 2. The van der Waals surface area contributed by atoms with Gasteiger partial charge < -0.3 is 26.3 Å². The minimum absolute atomic E-state index is 0. The number of hydrogen-bond donors (Lipinski definition) is 4. The number of nitrogens with one attached hydrogen (secondary N) is 2. The van der Waals surface area contributed by atoms with E-state index in [2.05, 4.69) is 10.6 Å². The van der Waals surface area contributed by atoms with Crippen LogP contribution in [0.4, 0.5) is 37.7 Å². The van der Waals surface area contributed by atoms with E-state index in [4.69, 9.17) is 69.6 Å². The third-order valence-corrected chi connectivity index (χ3v) is 13.6. The third kappa shape index (κ3) is 12.0. The molecule has 8 aromatic rings. The van der Waals surface area contributed by atoms with Gasteiger partial charge in [0, 0.05) is 11.4 Å². The second kappa shape index (κ2) is 22.5. The van der Waals surface area contributed by atoms with Crippen molar-refractivity contribution in [3.05, 3.63) is 208 Å². The van der Waals surface area contributed by atoms with Gasteiger partial charge in [-0.15, -0.1) is 0 Å². The third-order valence-electron chi connectivity index (χ3n) is 11.1. The molecule has 2 unspecified atom stereocenters. The van der Waals surface area contributed by atoms with Gasteiger partial charge >= 0.3 is 12.4 Å². The highest BCUT2D eigenvalue weighted by Gasteiger charge is 2.38. The minimum atomic E-state index is -4.82. The quantitative estimate of drug-likeness (QED) is 0.0869. The summed E-state index contributed by atoms with van der Waals surface area (Å²) in [4.78, 5) is 25.3. The zero-order valence-corrected chi connectivity index (χ0v) is 41.0. The average Bonchev–Trinajstić information content (AvgIpc) is 3.35. The first kappa shape index (κ1) is 55.4. The van der Waals surface area contributed by atoms with Gasteiger partial charge in [0.2, 0.25) is 0 Å². The Hall–Kier alpha value is -6.92. The molecule has 0 bridgehead atoms. The molecule has 6 N–H and O–H groups in total. The lowest BCUT2D eigenvalue weighted by Crippen LogP contribution is -2.16. The lowest BCUT2D eigenvalue weighted by molar-refractivity contribution is -0.139. The Kier molecular flexibility index (Phi) is 17.0. The normalized spacial score (nSPS) is 12.1. The lowest BCUT2D eigenvalue weighted by Gasteiger charge is -2.19. The van der Waals surface area contributed by atoms with Crippen molar-refractivity contribution in [3.8, 4) is 23.6 Å². The number of halogens is 12. The van der Waals surface area contributed by atoms with Gasteiger partial charge in [-0.25, -0.2) is 0 Å². The number of hydrogen-bond acceptors (Lipinski definition) is 6. The number of nitrogens with zero attached hydrogens (tertiary/aromatic N) is 2. The number of aromatic hydroxyl groups is 2. The molecule has 372 valence electrons. The highest BCUT2D eigenvalue weighted by molar-refractivity contribution is 6.50. The molecule has 2 amide bonds. The van der Waals surface area contributed by atoms with Gasteiger partial charge in [-0.2, -0.15) is 36.9 Å². The maximum atomic E-state index is 14.1. The number of rotatable bonds is 8. The molecule has 2 atom stereocenters. The van der Waals surface area contributed by atoms with E-state index >= 15 is 0 Å². The van der Waals surface area contributed by atoms with Gasteiger partial charge in [0.1, 0.15) is 21.5 Å².